The van der Waals surface area contributed by atoms with E-state index < -0.39 is 40.1 Å². The van der Waals surface area contributed by atoms with E-state index in [1.807, 2.05) is 0 Å². The number of carbonyl (C=O) groups excluding carboxylic acids is 1. The molecule has 1 aromatic heterocycles. The smallest absolute Gasteiger partial charge is 0.433 e. The van der Waals surface area contributed by atoms with Gasteiger partial charge in [0.25, 0.3) is 0 Å². The highest BCUT2D eigenvalue weighted by atomic mass is 32.2. The maximum atomic E-state index is 12.9. The lowest BCUT2D eigenvalue weighted by Crippen LogP contribution is -2.12. The first-order valence-electron chi connectivity index (χ1n) is 6.46. The van der Waals surface area contributed by atoms with Gasteiger partial charge in [0.2, 0.25) is 0 Å². The number of carbonyl (C=O) groups is 1. The number of halogens is 3. The Morgan fingerprint density at radius 1 is 1.21 bits per heavy atom. The Bertz CT molecular complexity index is 842. The number of thiol groups is 1. The summed E-state index contributed by atoms with van der Waals surface area (Å²) in [4.78, 5) is 18.6. The second-order valence-corrected chi connectivity index (χ2v) is 5.60. The van der Waals surface area contributed by atoms with Crippen LogP contribution in [-0.4, -0.2) is 31.5 Å². The Labute approximate surface area is 136 Å². The van der Waals surface area contributed by atoms with Gasteiger partial charge in [-0.2, -0.15) is 13.2 Å². The van der Waals surface area contributed by atoms with Gasteiger partial charge in [-0.1, -0.05) is 12.1 Å². The quantitative estimate of drug-likeness (QED) is 0.664. The van der Waals surface area contributed by atoms with Gasteiger partial charge >= 0.3 is 12.1 Å². The summed E-state index contributed by atoms with van der Waals surface area (Å²) in [6.45, 7) is 0. The molecule has 6 nitrogen and oxygen atoms in total. The molecular weight excluding hydrogens is 349 g/mol. The molecule has 0 unspecified atom stereocenters. The van der Waals surface area contributed by atoms with Crippen LogP contribution in [0.3, 0.4) is 0 Å². The fourth-order valence-electron chi connectivity index (χ4n) is 1.90. The lowest BCUT2D eigenvalue weighted by atomic mass is 10.1. The number of alkyl halides is 3. The molecule has 0 aliphatic heterocycles. The molecule has 0 radical (unpaired) electrons. The van der Waals surface area contributed by atoms with Crippen molar-refractivity contribution in [3.8, 4) is 11.3 Å². The van der Waals surface area contributed by atoms with E-state index in [2.05, 4.69) is 14.7 Å². The minimum atomic E-state index is -4.76. The van der Waals surface area contributed by atoms with Crippen molar-refractivity contribution >= 4 is 16.7 Å². The fourth-order valence-corrected chi connectivity index (χ4v) is 2.27. The minimum Gasteiger partial charge on any atom is -0.465 e. The van der Waals surface area contributed by atoms with E-state index in [1.54, 1.807) is 0 Å². The standard InChI is InChI=1S/C14H11F3N2O4S/c1-23-13(20)9-4-2-3-8(5-9)10-6-11(14(15,16)17)19-12(18-10)7-24(21)22/h2-6,24H,7H2,1H3. The predicted octanol–water partition coefficient (Wildman–Crippen LogP) is 2.06. The van der Waals surface area contributed by atoms with Crippen LogP contribution in [-0.2, 0) is 27.4 Å². The lowest BCUT2D eigenvalue weighted by Gasteiger charge is -2.10. The van der Waals surface area contributed by atoms with Crippen molar-refractivity contribution in [1.82, 2.24) is 9.97 Å². The van der Waals surface area contributed by atoms with Crippen LogP contribution in [0.15, 0.2) is 30.3 Å². The number of methoxy groups -OCH3 is 1. The second kappa shape index (κ2) is 6.95. The molecule has 24 heavy (non-hydrogen) atoms. The zero-order chi connectivity index (χ0) is 17.9. The molecule has 0 aliphatic rings. The topological polar surface area (TPSA) is 86.2 Å². The zero-order valence-corrected chi connectivity index (χ0v) is 13.1. The molecule has 0 saturated carbocycles. The third-order valence-electron chi connectivity index (χ3n) is 2.91. The van der Waals surface area contributed by atoms with E-state index in [0.717, 1.165) is 0 Å². The van der Waals surface area contributed by atoms with Crippen LogP contribution >= 0.6 is 0 Å². The van der Waals surface area contributed by atoms with Crippen molar-refractivity contribution in [1.29, 1.82) is 0 Å². The molecule has 0 saturated heterocycles. The number of rotatable bonds is 4. The maximum Gasteiger partial charge on any atom is 0.433 e. The van der Waals surface area contributed by atoms with Crippen LogP contribution in [0.2, 0.25) is 0 Å². The van der Waals surface area contributed by atoms with Crippen molar-refractivity contribution in [2.24, 2.45) is 0 Å². The molecule has 2 rings (SSSR count). The average molecular weight is 360 g/mol. The van der Waals surface area contributed by atoms with Gasteiger partial charge in [0.1, 0.15) is 28.0 Å². The highest BCUT2D eigenvalue weighted by Crippen LogP contribution is 2.30. The average Bonchev–Trinajstić information content (AvgIpc) is 2.52. The van der Waals surface area contributed by atoms with E-state index in [-0.39, 0.29) is 16.8 Å². The van der Waals surface area contributed by atoms with Crippen LogP contribution in [0.25, 0.3) is 11.3 Å². The summed E-state index contributed by atoms with van der Waals surface area (Å²) in [7, 11) is -1.82. The van der Waals surface area contributed by atoms with Crippen LogP contribution in [0, 0.1) is 0 Å². The monoisotopic (exact) mass is 360 g/mol. The Kier molecular flexibility index (Phi) is 5.17. The Morgan fingerprint density at radius 3 is 2.50 bits per heavy atom. The molecule has 2 aromatic rings. The first kappa shape index (κ1) is 17.9. The van der Waals surface area contributed by atoms with Gasteiger partial charge in [0.05, 0.1) is 18.4 Å². The Hall–Kier alpha value is -2.49. The Balaban J connectivity index is 2.58. The maximum absolute atomic E-state index is 12.9. The molecule has 0 fully saturated rings. The number of benzene rings is 1. The molecule has 0 aliphatic carbocycles. The number of hydrogen-bond acceptors (Lipinski definition) is 6. The number of ether oxygens (including phenoxy) is 1. The third kappa shape index (κ3) is 4.28. The molecule has 1 heterocycles. The Morgan fingerprint density at radius 2 is 1.92 bits per heavy atom. The first-order valence-corrected chi connectivity index (χ1v) is 7.82. The van der Waals surface area contributed by atoms with Crippen molar-refractivity contribution in [3.63, 3.8) is 0 Å². The van der Waals surface area contributed by atoms with Crippen LogP contribution in [0.5, 0.6) is 0 Å². The molecule has 0 amide bonds. The van der Waals surface area contributed by atoms with Gasteiger partial charge in [-0.25, -0.2) is 23.2 Å². The number of aromatic nitrogens is 2. The van der Waals surface area contributed by atoms with E-state index in [9.17, 15) is 26.4 Å². The van der Waals surface area contributed by atoms with E-state index in [4.69, 9.17) is 0 Å². The molecule has 0 bridgehead atoms. The summed E-state index contributed by atoms with van der Waals surface area (Å²) >= 11 is 0. The summed E-state index contributed by atoms with van der Waals surface area (Å²) in [6.07, 6.45) is -4.76. The molecular formula is C14H11F3N2O4S. The second-order valence-electron chi connectivity index (χ2n) is 4.62. The van der Waals surface area contributed by atoms with Gasteiger partial charge in [-0.15, -0.1) is 0 Å². The molecule has 0 spiro atoms. The lowest BCUT2D eigenvalue weighted by molar-refractivity contribution is -0.141. The van der Waals surface area contributed by atoms with Crippen LogP contribution in [0.1, 0.15) is 21.9 Å². The van der Waals surface area contributed by atoms with Crippen molar-refractivity contribution < 1.29 is 31.1 Å². The number of nitrogens with zero attached hydrogens (tertiary/aromatic N) is 2. The van der Waals surface area contributed by atoms with E-state index >= 15 is 0 Å². The number of hydrogen-bond donors (Lipinski definition) is 1. The number of esters is 1. The molecule has 10 heteroatoms. The van der Waals surface area contributed by atoms with Gasteiger partial charge in [0, 0.05) is 5.56 Å². The minimum absolute atomic E-state index is 0.124. The van der Waals surface area contributed by atoms with Crippen molar-refractivity contribution in [2.75, 3.05) is 7.11 Å². The normalized spacial score (nSPS) is 11.5. The molecule has 0 atom stereocenters. The summed E-state index contributed by atoms with van der Waals surface area (Å²) in [6, 6.07) is 6.31. The summed E-state index contributed by atoms with van der Waals surface area (Å²) in [5.74, 6) is -1.85. The van der Waals surface area contributed by atoms with Crippen molar-refractivity contribution in [3.05, 3.63) is 47.4 Å². The molecule has 128 valence electrons. The largest absolute Gasteiger partial charge is 0.465 e. The summed E-state index contributed by atoms with van der Waals surface area (Å²) < 4.78 is 64.9. The summed E-state index contributed by atoms with van der Waals surface area (Å²) in [5, 5.41) is 0. The summed E-state index contributed by atoms with van der Waals surface area (Å²) in [5.41, 5.74) is -1.08. The van der Waals surface area contributed by atoms with E-state index in [0.29, 0.717) is 6.07 Å². The van der Waals surface area contributed by atoms with Gasteiger partial charge in [-0.3, -0.25) is 0 Å². The third-order valence-corrected chi connectivity index (χ3v) is 3.45. The molecule has 0 N–H and O–H groups in total. The molecule has 1 aromatic carbocycles. The van der Waals surface area contributed by atoms with Gasteiger partial charge < -0.3 is 4.74 Å². The zero-order valence-electron chi connectivity index (χ0n) is 12.2. The first-order chi connectivity index (χ1) is 11.2. The highest BCUT2D eigenvalue weighted by molar-refractivity contribution is 7.71. The highest BCUT2D eigenvalue weighted by Gasteiger charge is 2.33. The van der Waals surface area contributed by atoms with Gasteiger partial charge in [0.15, 0.2) is 0 Å². The van der Waals surface area contributed by atoms with E-state index in [1.165, 1.54) is 31.4 Å². The van der Waals surface area contributed by atoms with Gasteiger partial charge in [-0.05, 0) is 18.2 Å². The predicted molar refractivity (Wildman–Crippen MR) is 77.8 cm³/mol. The van der Waals surface area contributed by atoms with Crippen LogP contribution < -0.4 is 0 Å². The SMILES string of the molecule is COC(=O)c1cccc(-c2cc(C(F)(F)F)nc(C[SH](=O)=O)n2)c1. The fraction of sp³-hybridized carbons (Fsp3) is 0.214. The van der Waals surface area contributed by atoms with Crippen LogP contribution in [0.4, 0.5) is 13.2 Å². The van der Waals surface area contributed by atoms with Crippen molar-refractivity contribution in [2.45, 2.75) is 11.9 Å².